The van der Waals surface area contributed by atoms with E-state index in [1.54, 1.807) is 30.3 Å². The van der Waals surface area contributed by atoms with Gasteiger partial charge in [-0.2, -0.15) is 0 Å². The van der Waals surface area contributed by atoms with Crippen LogP contribution in [-0.4, -0.2) is 11.5 Å². The van der Waals surface area contributed by atoms with E-state index in [2.05, 4.69) is 4.74 Å². The first-order valence-electron chi connectivity index (χ1n) is 6.88. The second kappa shape index (κ2) is 5.84. The molecule has 3 aromatic rings. The molecular formula is C17H12F3NO3. The van der Waals surface area contributed by atoms with Gasteiger partial charge in [-0.25, -0.2) is 0 Å². The van der Waals surface area contributed by atoms with E-state index in [9.17, 15) is 18.3 Å². The number of benzene rings is 2. The summed E-state index contributed by atoms with van der Waals surface area (Å²) in [5.41, 5.74) is 6.75. The van der Waals surface area contributed by atoms with Gasteiger partial charge in [-0.15, -0.1) is 13.2 Å². The molecule has 0 aliphatic rings. The molecule has 0 saturated carbocycles. The molecule has 0 amide bonds. The van der Waals surface area contributed by atoms with E-state index in [-0.39, 0.29) is 28.5 Å². The zero-order valence-electron chi connectivity index (χ0n) is 12.2. The lowest BCUT2D eigenvalue weighted by molar-refractivity contribution is -0.274. The van der Waals surface area contributed by atoms with E-state index in [0.29, 0.717) is 5.56 Å². The summed E-state index contributed by atoms with van der Waals surface area (Å²) in [6.07, 6.45) is -4.81. The average molecular weight is 335 g/mol. The van der Waals surface area contributed by atoms with E-state index in [0.717, 1.165) is 12.1 Å². The molecule has 2 aromatic carbocycles. The highest BCUT2D eigenvalue weighted by atomic mass is 19.4. The highest BCUT2D eigenvalue weighted by molar-refractivity contribution is 5.86. The lowest BCUT2D eigenvalue weighted by Crippen LogP contribution is -2.17. The minimum absolute atomic E-state index is 0.101. The van der Waals surface area contributed by atoms with Crippen LogP contribution in [0.3, 0.4) is 0 Å². The van der Waals surface area contributed by atoms with Crippen molar-refractivity contribution in [3.63, 3.8) is 0 Å². The number of alkyl halides is 3. The molecule has 124 valence electrons. The fourth-order valence-electron chi connectivity index (χ4n) is 2.35. The smallest absolute Gasteiger partial charge is 0.504 e. The van der Waals surface area contributed by atoms with Crippen LogP contribution in [0.15, 0.2) is 59.0 Å². The molecule has 7 heteroatoms. The Morgan fingerprint density at radius 3 is 2.29 bits per heavy atom. The van der Waals surface area contributed by atoms with Crippen LogP contribution in [0.4, 0.5) is 19.1 Å². The van der Waals surface area contributed by atoms with Crippen molar-refractivity contribution in [3.05, 3.63) is 54.6 Å². The van der Waals surface area contributed by atoms with Gasteiger partial charge in [0.05, 0.1) is 5.56 Å². The molecule has 3 N–H and O–H groups in total. The molecule has 4 nitrogen and oxygen atoms in total. The maximum atomic E-state index is 12.3. The van der Waals surface area contributed by atoms with Crippen LogP contribution in [0, 0.1) is 0 Å². The van der Waals surface area contributed by atoms with Gasteiger partial charge in [0, 0.05) is 5.56 Å². The van der Waals surface area contributed by atoms with Gasteiger partial charge in [-0.05, 0) is 17.7 Å². The zero-order valence-corrected chi connectivity index (χ0v) is 12.2. The third-order valence-corrected chi connectivity index (χ3v) is 3.30. The summed E-state index contributed by atoms with van der Waals surface area (Å²) in [6, 6.07) is 13.9. The van der Waals surface area contributed by atoms with E-state index >= 15 is 0 Å². The maximum absolute atomic E-state index is 12.3. The van der Waals surface area contributed by atoms with Crippen molar-refractivity contribution >= 4 is 5.88 Å². The van der Waals surface area contributed by atoms with E-state index in [1.807, 2.05) is 0 Å². The monoisotopic (exact) mass is 335 g/mol. The first-order valence-corrected chi connectivity index (χ1v) is 6.88. The number of halogens is 3. The largest absolute Gasteiger partial charge is 0.573 e. The second-order valence-corrected chi connectivity index (χ2v) is 4.96. The maximum Gasteiger partial charge on any atom is 0.573 e. The van der Waals surface area contributed by atoms with Gasteiger partial charge in [-0.3, -0.25) is 0 Å². The molecule has 0 radical (unpaired) electrons. The predicted molar refractivity (Wildman–Crippen MR) is 82.3 cm³/mol. The lowest BCUT2D eigenvalue weighted by atomic mass is 10.0. The Labute approximate surface area is 134 Å². The van der Waals surface area contributed by atoms with Crippen molar-refractivity contribution in [1.29, 1.82) is 0 Å². The highest BCUT2D eigenvalue weighted by Gasteiger charge is 2.31. The number of aromatic hydroxyl groups is 1. The number of rotatable bonds is 3. The average Bonchev–Trinajstić information content (AvgIpc) is 2.81. The number of furan rings is 1. The molecular weight excluding hydrogens is 323 g/mol. The molecule has 1 aromatic heterocycles. The van der Waals surface area contributed by atoms with Crippen molar-refractivity contribution in [3.8, 4) is 33.9 Å². The molecule has 0 spiro atoms. The second-order valence-electron chi connectivity index (χ2n) is 4.96. The standard InChI is InChI=1S/C17H12F3NO3/c18-17(19,20)24-12-8-4-7-11(9-12)13-14(22)15(23-16(13)21)10-5-2-1-3-6-10/h1-9,22H,21H2. The molecule has 0 saturated heterocycles. The molecule has 0 atom stereocenters. The van der Waals surface area contributed by atoms with Gasteiger partial charge < -0.3 is 20.0 Å². The molecule has 0 aliphatic heterocycles. The van der Waals surface area contributed by atoms with Crippen molar-refractivity contribution in [2.75, 3.05) is 5.73 Å². The van der Waals surface area contributed by atoms with Crippen LogP contribution in [0.1, 0.15) is 0 Å². The number of nitrogen functional groups attached to an aromatic ring is 1. The Kier molecular flexibility index (Phi) is 3.84. The number of ether oxygens (including phenoxy) is 1. The molecule has 24 heavy (non-hydrogen) atoms. The normalized spacial score (nSPS) is 11.5. The summed E-state index contributed by atoms with van der Waals surface area (Å²) in [4.78, 5) is 0. The van der Waals surface area contributed by atoms with Crippen LogP contribution >= 0.6 is 0 Å². The van der Waals surface area contributed by atoms with Crippen LogP contribution in [-0.2, 0) is 0 Å². The van der Waals surface area contributed by atoms with Crippen LogP contribution in [0.2, 0.25) is 0 Å². The Balaban J connectivity index is 2.05. The third-order valence-electron chi connectivity index (χ3n) is 3.30. The molecule has 3 rings (SSSR count). The quantitative estimate of drug-likeness (QED) is 0.721. The van der Waals surface area contributed by atoms with Gasteiger partial charge in [0.25, 0.3) is 0 Å². The number of nitrogens with two attached hydrogens (primary N) is 1. The Bertz CT molecular complexity index is 857. The predicted octanol–water partition coefficient (Wildman–Crippen LogP) is 4.80. The van der Waals surface area contributed by atoms with Crippen LogP contribution in [0.25, 0.3) is 22.5 Å². The van der Waals surface area contributed by atoms with Crippen molar-refractivity contribution in [2.45, 2.75) is 6.36 Å². The number of hydrogen-bond donors (Lipinski definition) is 2. The Morgan fingerprint density at radius 1 is 0.958 bits per heavy atom. The van der Waals surface area contributed by atoms with Gasteiger partial charge in [0.15, 0.2) is 11.5 Å². The van der Waals surface area contributed by atoms with Gasteiger partial charge >= 0.3 is 6.36 Å². The van der Waals surface area contributed by atoms with Gasteiger partial charge in [0.1, 0.15) is 5.75 Å². The van der Waals surface area contributed by atoms with Gasteiger partial charge in [0.2, 0.25) is 5.88 Å². The summed E-state index contributed by atoms with van der Waals surface area (Å²) in [5.74, 6) is -0.620. The first-order chi connectivity index (χ1) is 11.3. The van der Waals surface area contributed by atoms with Crippen molar-refractivity contribution in [1.82, 2.24) is 0 Å². The van der Waals surface area contributed by atoms with E-state index in [1.165, 1.54) is 12.1 Å². The van der Waals surface area contributed by atoms with Gasteiger partial charge in [-0.1, -0.05) is 42.5 Å². The molecule has 0 aliphatic carbocycles. The fraction of sp³-hybridized carbons (Fsp3) is 0.0588. The summed E-state index contributed by atoms with van der Waals surface area (Å²) < 4.78 is 46.3. The van der Waals surface area contributed by atoms with Crippen molar-refractivity contribution < 1.29 is 27.4 Å². The highest BCUT2D eigenvalue weighted by Crippen LogP contribution is 2.45. The fourth-order valence-corrected chi connectivity index (χ4v) is 2.35. The SMILES string of the molecule is Nc1oc(-c2ccccc2)c(O)c1-c1cccc(OC(F)(F)F)c1. The number of hydrogen-bond acceptors (Lipinski definition) is 4. The summed E-state index contributed by atoms with van der Waals surface area (Å²) in [5, 5.41) is 10.4. The topological polar surface area (TPSA) is 68.6 Å². The zero-order chi connectivity index (χ0) is 17.3. The summed E-state index contributed by atoms with van der Waals surface area (Å²) >= 11 is 0. The lowest BCUT2D eigenvalue weighted by Gasteiger charge is -2.09. The van der Waals surface area contributed by atoms with E-state index in [4.69, 9.17) is 10.2 Å². The van der Waals surface area contributed by atoms with Crippen LogP contribution in [0.5, 0.6) is 11.5 Å². The third kappa shape index (κ3) is 3.15. The summed E-state index contributed by atoms with van der Waals surface area (Å²) in [7, 11) is 0. The Morgan fingerprint density at radius 2 is 1.62 bits per heavy atom. The molecule has 0 bridgehead atoms. The number of anilines is 1. The van der Waals surface area contributed by atoms with E-state index < -0.39 is 12.1 Å². The van der Waals surface area contributed by atoms with Crippen molar-refractivity contribution in [2.24, 2.45) is 0 Å². The summed E-state index contributed by atoms with van der Waals surface area (Å²) in [6.45, 7) is 0. The minimum Gasteiger partial charge on any atom is -0.504 e. The van der Waals surface area contributed by atoms with Crippen LogP contribution < -0.4 is 10.5 Å². The minimum atomic E-state index is -4.81. The Hall–Kier alpha value is -3.09. The first kappa shape index (κ1) is 15.8. The molecule has 0 fully saturated rings. The molecule has 0 unspecified atom stereocenters. The molecule has 1 heterocycles.